The Morgan fingerprint density at radius 1 is 1.12 bits per heavy atom. The molecule has 1 heterocycles. The Hall–Kier alpha value is -3.60. The number of carbonyl (C=O) groups is 3. The van der Waals surface area contributed by atoms with E-state index < -0.39 is 17.8 Å². The molecule has 8 nitrogen and oxygen atoms in total. The second-order valence-corrected chi connectivity index (χ2v) is 7.60. The SMILES string of the molecule is COc1cccc(C(=O)NCCN2C(=O)S/C(=C\c3ccc(OC(F)F)c(OC)c3)C2=O)c1. The van der Waals surface area contributed by atoms with Crippen molar-refractivity contribution in [2.24, 2.45) is 0 Å². The van der Waals surface area contributed by atoms with E-state index in [1.54, 1.807) is 24.3 Å². The molecule has 0 spiro atoms. The van der Waals surface area contributed by atoms with Crippen LogP contribution in [0.3, 0.4) is 0 Å². The summed E-state index contributed by atoms with van der Waals surface area (Å²) in [5.41, 5.74) is 0.849. The van der Waals surface area contributed by atoms with E-state index in [2.05, 4.69) is 10.1 Å². The molecule has 0 saturated carbocycles. The van der Waals surface area contributed by atoms with Crippen molar-refractivity contribution >= 4 is 34.9 Å². The summed E-state index contributed by atoms with van der Waals surface area (Å²) in [7, 11) is 2.79. The number of methoxy groups -OCH3 is 2. The van der Waals surface area contributed by atoms with Gasteiger partial charge in [0.15, 0.2) is 11.5 Å². The highest BCUT2D eigenvalue weighted by molar-refractivity contribution is 8.18. The minimum atomic E-state index is -3.01. The molecule has 1 aliphatic heterocycles. The first kappa shape index (κ1) is 24.1. The van der Waals surface area contributed by atoms with Crippen LogP contribution in [0.5, 0.6) is 17.2 Å². The number of nitrogens with one attached hydrogen (secondary N) is 1. The number of hydrogen-bond acceptors (Lipinski definition) is 7. The molecule has 1 saturated heterocycles. The molecule has 2 aromatic rings. The largest absolute Gasteiger partial charge is 0.497 e. The predicted molar refractivity (Wildman–Crippen MR) is 118 cm³/mol. The summed E-state index contributed by atoms with van der Waals surface area (Å²) in [5, 5.41) is 2.18. The molecule has 0 atom stereocenters. The average Bonchev–Trinajstić information content (AvgIpc) is 3.06. The second kappa shape index (κ2) is 10.8. The summed E-state index contributed by atoms with van der Waals surface area (Å²) in [5.74, 6) is -0.445. The fraction of sp³-hybridized carbons (Fsp3) is 0.227. The molecular weight excluding hydrogens is 458 g/mol. The third kappa shape index (κ3) is 6.01. The van der Waals surface area contributed by atoms with Gasteiger partial charge in [-0.15, -0.1) is 0 Å². The highest BCUT2D eigenvalue weighted by atomic mass is 32.2. The lowest BCUT2D eigenvalue weighted by atomic mass is 10.2. The highest BCUT2D eigenvalue weighted by Gasteiger charge is 2.34. The lowest BCUT2D eigenvalue weighted by Crippen LogP contribution is -2.37. The van der Waals surface area contributed by atoms with E-state index in [1.807, 2.05) is 0 Å². The first-order valence-electron chi connectivity index (χ1n) is 9.63. The number of nitrogens with zero attached hydrogens (tertiary/aromatic N) is 1. The number of thioether (sulfide) groups is 1. The summed E-state index contributed by atoms with van der Waals surface area (Å²) < 4.78 is 39.4. The van der Waals surface area contributed by atoms with Crippen LogP contribution in [0, 0.1) is 0 Å². The van der Waals surface area contributed by atoms with Crippen LogP contribution in [0.2, 0.25) is 0 Å². The first-order valence-corrected chi connectivity index (χ1v) is 10.4. The van der Waals surface area contributed by atoms with Crippen LogP contribution in [0.15, 0.2) is 47.4 Å². The molecule has 0 radical (unpaired) electrons. The minimum Gasteiger partial charge on any atom is -0.497 e. The van der Waals surface area contributed by atoms with E-state index in [0.717, 1.165) is 16.7 Å². The third-order valence-corrected chi connectivity index (χ3v) is 5.44. The topological polar surface area (TPSA) is 94.2 Å². The van der Waals surface area contributed by atoms with Gasteiger partial charge in [-0.1, -0.05) is 12.1 Å². The lowest BCUT2D eigenvalue weighted by molar-refractivity contribution is -0.122. The van der Waals surface area contributed by atoms with Crippen molar-refractivity contribution in [3.63, 3.8) is 0 Å². The number of benzene rings is 2. The van der Waals surface area contributed by atoms with Crippen LogP contribution in [-0.2, 0) is 4.79 Å². The Bertz CT molecular complexity index is 1090. The van der Waals surface area contributed by atoms with Gasteiger partial charge in [0.1, 0.15) is 5.75 Å². The van der Waals surface area contributed by atoms with E-state index in [0.29, 0.717) is 16.9 Å². The summed E-state index contributed by atoms with van der Waals surface area (Å²) in [6, 6.07) is 10.7. The molecule has 1 fully saturated rings. The molecule has 11 heteroatoms. The molecular formula is C22H20F2N2O6S. The van der Waals surface area contributed by atoms with E-state index in [4.69, 9.17) is 9.47 Å². The molecule has 3 amide bonds. The standard InChI is InChI=1S/C22H20F2N2O6S/c1-30-15-5-3-4-14(12-15)19(27)25-8-9-26-20(28)18(33-22(26)29)11-13-6-7-16(32-21(23)24)17(10-13)31-2/h3-7,10-12,21H,8-9H2,1-2H3,(H,25,27)/b18-11-. The van der Waals surface area contributed by atoms with E-state index in [1.165, 1.54) is 38.5 Å². The van der Waals surface area contributed by atoms with Gasteiger partial charge < -0.3 is 19.5 Å². The van der Waals surface area contributed by atoms with Gasteiger partial charge in [-0.2, -0.15) is 8.78 Å². The lowest BCUT2D eigenvalue weighted by Gasteiger charge is -2.13. The summed E-state index contributed by atoms with van der Waals surface area (Å²) in [6.45, 7) is -2.96. The molecule has 174 valence electrons. The predicted octanol–water partition coefficient (Wildman–Crippen LogP) is 3.77. The van der Waals surface area contributed by atoms with Crippen molar-refractivity contribution in [1.29, 1.82) is 0 Å². The summed E-state index contributed by atoms with van der Waals surface area (Å²) >= 11 is 0.742. The van der Waals surface area contributed by atoms with Crippen molar-refractivity contribution in [3.05, 3.63) is 58.5 Å². The maximum Gasteiger partial charge on any atom is 0.387 e. The van der Waals surface area contributed by atoms with Crippen molar-refractivity contribution in [3.8, 4) is 17.2 Å². The first-order chi connectivity index (χ1) is 15.8. The van der Waals surface area contributed by atoms with Crippen molar-refractivity contribution in [2.75, 3.05) is 27.3 Å². The van der Waals surface area contributed by atoms with Gasteiger partial charge in [-0.05, 0) is 53.7 Å². The van der Waals surface area contributed by atoms with Crippen LogP contribution in [-0.4, -0.2) is 55.9 Å². The van der Waals surface area contributed by atoms with Gasteiger partial charge in [0, 0.05) is 18.7 Å². The molecule has 1 N–H and O–H groups in total. The zero-order chi connectivity index (χ0) is 24.0. The monoisotopic (exact) mass is 478 g/mol. The molecule has 33 heavy (non-hydrogen) atoms. The molecule has 0 unspecified atom stereocenters. The molecule has 2 aromatic carbocycles. The van der Waals surface area contributed by atoms with Gasteiger partial charge in [0.25, 0.3) is 17.1 Å². The fourth-order valence-electron chi connectivity index (χ4n) is 2.96. The van der Waals surface area contributed by atoms with E-state index in [-0.39, 0.29) is 35.4 Å². The number of carbonyl (C=O) groups excluding carboxylic acids is 3. The van der Waals surface area contributed by atoms with Crippen molar-refractivity contribution in [1.82, 2.24) is 10.2 Å². The Kier molecular flexibility index (Phi) is 7.88. The molecule has 0 bridgehead atoms. The zero-order valence-electron chi connectivity index (χ0n) is 17.7. The fourth-order valence-corrected chi connectivity index (χ4v) is 3.82. The number of hydrogen-bond donors (Lipinski definition) is 1. The zero-order valence-corrected chi connectivity index (χ0v) is 18.5. The third-order valence-electron chi connectivity index (χ3n) is 4.53. The van der Waals surface area contributed by atoms with Crippen LogP contribution in [0.25, 0.3) is 6.08 Å². The van der Waals surface area contributed by atoms with Crippen LogP contribution < -0.4 is 19.5 Å². The Morgan fingerprint density at radius 2 is 1.91 bits per heavy atom. The van der Waals surface area contributed by atoms with Crippen molar-refractivity contribution in [2.45, 2.75) is 6.61 Å². The second-order valence-electron chi connectivity index (χ2n) is 6.61. The number of imide groups is 1. The quantitative estimate of drug-likeness (QED) is 0.549. The average molecular weight is 478 g/mol. The van der Waals surface area contributed by atoms with Crippen molar-refractivity contribution < 1.29 is 37.4 Å². The number of rotatable bonds is 9. The molecule has 0 aliphatic carbocycles. The number of halogens is 2. The Labute approximate surface area is 192 Å². The van der Waals surface area contributed by atoms with E-state index >= 15 is 0 Å². The van der Waals surface area contributed by atoms with E-state index in [9.17, 15) is 23.2 Å². The van der Waals surface area contributed by atoms with Gasteiger partial charge in [0.05, 0.1) is 19.1 Å². The smallest absolute Gasteiger partial charge is 0.387 e. The number of alkyl halides is 2. The Morgan fingerprint density at radius 3 is 2.61 bits per heavy atom. The van der Waals surface area contributed by atoms with Crippen LogP contribution >= 0.6 is 11.8 Å². The minimum absolute atomic E-state index is 0.0117. The Balaban J connectivity index is 1.63. The molecule has 3 rings (SSSR count). The molecule has 1 aliphatic rings. The van der Waals surface area contributed by atoms with Gasteiger partial charge >= 0.3 is 6.61 Å². The van der Waals surface area contributed by atoms with Crippen LogP contribution in [0.1, 0.15) is 15.9 Å². The number of amides is 3. The van der Waals surface area contributed by atoms with Crippen LogP contribution in [0.4, 0.5) is 13.6 Å². The molecule has 0 aromatic heterocycles. The van der Waals surface area contributed by atoms with Gasteiger partial charge in [-0.3, -0.25) is 19.3 Å². The number of ether oxygens (including phenoxy) is 3. The maximum absolute atomic E-state index is 12.6. The van der Waals surface area contributed by atoms with Gasteiger partial charge in [-0.25, -0.2) is 0 Å². The highest BCUT2D eigenvalue weighted by Crippen LogP contribution is 2.34. The normalized spacial score (nSPS) is 14.7. The maximum atomic E-state index is 12.6. The summed E-state index contributed by atoms with van der Waals surface area (Å²) in [4.78, 5) is 38.4. The van der Waals surface area contributed by atoms with Gasteiger partial charge in [0.2, 0.25) is 0 Å². The summed E-state index contributed by atoms with van der Waals surface area (Å²) in [6.07, 6.45) is 1.45.